The topological polar surface area (TPSA) is 70.7 Å². The van der Waals surface area contributed by atoms with Crippen molar-refractivity contribution in [2.75, 3.05) is 30.8 Å². The van der Waals surface area contributed by atoms with E-state index in [4.69, 9.17) is 16.3 Å². The van der Waals surface area contributed by atoms with Gasteiger partial charge in [-0.25, -0.2) is 0 Å². The van der Waals surface area contributed by atoms with Gasteiger partial charge in [0.1, 0.15) is 11.8 Å². The van der Waals surface area contributed by atoms with Gasteiger partial charge < -0.3 is 20.3 Å². The monoisotopic (exact) mass is 499 g/mol. The number of para-hydroxylation sites is 2. The maximum Gasteiger partial charge on any atom is 0.416 e. The normalized spacial score (nSPS) is 12.3. The van der Waals surface area contributed by atoms with Crippen molar-refractivity contribution >= 4 is 34.8 Å². The van der Waals surface area contributed by atoms with Crippen molar-refractivity contribution < 1.29 is 27.5 Å². The van der Waals surface area contributed by atoms with Gasteiger partial charge >= 0.3 is 6.18 Å². The van der Waals surface area contributed by atoms with E-state index in [0.717, 1.165) is 12.1 Å². The number of alkyl halides is 3. The Balaban J connectivity index is 2.19. The van der Waals surface area contributed by atoms with E-state index < -0.39 is 23.7 Å². The van der Waals surface area contributed by atoms with Gasteiger partial charge in [-0.15, -0.1) is 0 Å². The molecule has 6 nitrogen and oxygen atoms in total. The van der Waals surface area contributed by atoms with Crippen molar-refractivity contribution in [2.24, 2.45) is 5.92 Å². The molecule has 0 heterocycles. The average Bonchev–Trinajstić information content (AvgIpc) is 2.77. The molecule has 2 amide bonds. The highest BCUT2D eigenvalue weighted by Crippen LogP contribution is 2.34. The number of anilines is 2. The van der Waals surface area contributed by atoms with Gasteiger partial charge in [0.25, 0.3) is 0 Å². The van der Waals surface area contributed by atoms with Gasteiger partial charge in [0.05, 0.1) is 35.6 Å². The summed E-state index contributed by atoms with van der Waals surface area (Å²) in [6.07, 6.45) is -3.91. The van der Waals surface area contributed by atoms with Crippen LogP contribution in [0.25, 0.3) is 0 Å². The molecule has 0 spiro atoms. The minimum absolute atomic E-state index is 0.149. The standard InChI is InChI=1S/C24H29ClF3N3O3/c1-5-12-31(14-21(32)29-19-8-6-7-9-20(19)34-4)23(33)22(15(2)3)30-18-11-10-16(13-17(18)25)24(26,27)28/h6-11,13,15,22,30H,5,12,14H2,1-4H3,(H,29,32). The Bertz CT molecular complexity index is 999. The summed E-state index contributed by atoms with van der Waals surface area (Å²) < 4.78 is 44.1. The SMILES string of the molecule is CCCN(CC(=O)Nc1ccccc1OC)C(=O)C(Nc1ccc(C(F)(F)F)cc1Cl)C(C)C. The lowest BCUT2D eigenvalue weighted by Crippen LogP contribution is -2.48. The van der Waals surface area contributed by atoms with Gasteiger partial charge in [-0.05, 0) is 42.7 Å². The maximum absolute atomic E-state index is 13.4. The number of rotatable bonds is 10. The second kappa shape index (κ2) is 12.0. The summed E-state index contributed by atoms with van der Waals surface area (Å²) in [5.41, 5.74) is -0.193. The summed E-state index contributed by atoms with van der Waals surface area (Å²) in [4.78, 5) is 27.5. The number of amides is 2. The van der Waals surface area contributed by atoms with Crippen LogP contribution in [0.4, 0.5) is 24.5 Å². The molecule has 0 aliphatic carbocycles. The van der Waals surface area contributed by atoms with Crippen LogP contribution in [-0.4, -0.2) is 43.0 Å². The number of hydrogen-bond donors (Lipinski definition) is 2. The Morgan fingerprint density at radius 3 is 2.35 bits per heavy atom. The molecule has 0 aliphatic heterocycles. The van der Waals surface area contributed by atoms with E-state index in [9.17, 15) is 22.8 Å². The van der Waals surface area contributed by atoms with Crippen LogP contribution in [0, 0.1) is 5.92 Å². The number of nitrogens with zero attached hydrogens (tertiary/aromatic N) is 1. The molecule has 2 aromatic rings. The van der Waals surface area contributed by atoms with Crippen LogP contribution < -0.4 is 15.4 Å². The zero-order valence-corrected chi connectivity index (χ0v) is 20.3. The molecule has 1 atom stereocenters. The Morgan fingerprint density at radius 2 is 1.79 bits per heavy atom. The van der Waals surface area contributed by atoms with Crippen LogP contribution in [0.5, 0.6) is 5.75 Å². The molecular weight excluding hydrogens is 471 g/mol. The van der Waals surface area contributed by atoms with Crippen molar-refractivity contribution in [3.8, 4) is 5.75 Å². The minimum Gasteiger partial charge on any atom is -0.495 e. The lowest BCUT2D eigenvalue weighted by Gasteiger charge is -2.30. The summed E-state index contributed by atoms with van der Waals surface area (Å²) >= 11 is 6.07. The number of nitrogens with one attached hydrogen (secondary N) is 2. The third-order valence-electron chi connectivity index (χ3n) is 5.06. The highest BCUT2D eigenvalue weighted by Gasteiger charge is 2.32. The molecule has 2 aromatic carbocycles. The van der Waals surface area contributed by atoms with Crippen molar-refractivity contribution in [1.29, 1.82) is 0 Å². The quantitative estimate of drug-likeness (QED) is 0.441. The molecule has 0 saturated carbocycles. The minimum atomic E-state index is -4.53. The fraction of sp³-hybridized carbons (Fsp3) is 0.417. The van der Waals surface area contributed by atoms with Crippen LogP contribution >= 0.6 is 11.6 Å². The molecule has 10 heteroatoms. The molecular formula is C24H29ClF3N3O3. The number of methoxy groups -OCH3 is 1. The van der Waals surface area contributed by atoms with Crippen molar-refractivity contribution in [3.05, 3.63) is 53.1 Å². The summed E-state index contributed by atoms with van der Waals surface area (Å²) in [5.74, 6) is -0.505. The first-order valence-electron chi connectivity index (χ1n) is 10.8. The van der Waals surface area contributed by atoms with E-state index in [-0.39, 0.29) is 29.1 Å². The smallest absolute Gasteiger partial charge is 0.416 e. The molecule has 186 valence electrons. The van der Waals surface area contributed by atoms with E-state index in [0.29, 0.717) is 24.4 Å². The van der Waals surface area contributed by atoms with Crippen molar-refractivity contribution in [3.63, 3.8) is 0 Å². The number of ether oxygens (including phenoxy) is 1. The molecule has 0 saturated heterocycles. The largest absolute Gasteiger partial charge is 0.495 e. The lowest BCUT2D eigenvalue weighted by atomic mass is 10.0. The zero-order valence-electron chi connectivity index (χ0n) is 19.5. The summed E-state index contributed by atoms with van der Waals surface area (Å²) in [6, 6.07) is 9.03. The zero-order chi connectivity index (χ0) is 25.5. The predicted octanol–water partition coefficient (Wildman–Crippen LogP) is 5.68. The third-order valence-corrected chi connectivity index (χ3v) is 5.37. The number of carbonyl (C=O) groups excluding carboxylic acids is 2. The molecule has 2 N–H and O–H groups in total. The van der Waals surface area contributed by atoms with Gasteiger partial charge in [-0.3, -0.25) is 9.59 Å². The fourth-order valence-electron chi connectivity index (χ4n) is 3.33. The van der Waals surface area contributed by atoms with Gasteiger partial charge in [0.2, 0.25) is 11.8 Å². The van der Waals surface area contributed by atoms with E-state index in [1.807, 2.05) is 6.92 Å². The molecule has 2 rings (SSSR count). The summed E-state index contributed by atoms with van der Waals surface area (Å²) in [6.45, 7) is 5.60. The Hall–Kier alpha value is -2.94. The molecule has 1 unspecified atom stereocenters. The Labute approximate surface area is 202 Å². The van der Waals surface area contributed by atoms with Gasteiger partial charge in [0.15, 0.2) is 0 Å². The first-order valence-corrected chi connectivity index (χ1v) is 11.2. The van der Waals surface area contributed by atoms with Crippen LogP contribution in [-0.2, 0) is 15.8 Å². The van der Waals surface area contributed by atoms with Crippen molar-refractivity contribution in [1.82, 2.24) is 4.90 Å². The maximum atomic E-state index is 13.4. The van der Waals surface area contributed by atoms with E-state index >= 15 is 0 Å². The second-order valence-corrected chi connectivity index (χ2v) is 8.47. The van der Waals surface area contributed by atoms with Crippen molar-refractivity contribution in [2.45, 2.75) is 39.4 Å². The average molecular weight is 500 g/mol. The van der Waals surface area contributed by atoms with Gasteiger partial charge in [-0.1, -0.05) is 44.5 Å². The highest BCUT2D eigenvalue weighted by molar-refractivity contribution is 6.33. The molecule has 0 fully saturated rings. The summed E-state index contributed by atoms with van der Waals surface area (Å²) in [5, 5.41) is 5.56. The molecule has 0 aromatic heterocycles. The first kappa shape index (κ1) is 27.3. The van der Waals surface area contributed by atoms with Gasteiger partial charge in [0, 0.05) is 6.54 Å². The van der Waals surface area contributed by atoms with Crippen LogP contribution in [0.1, 0.15) is 32.8 Å². The van der Waals surface area contributed by atoms with E-state index in [1.54, 1.807) is 38.1 Å². The highest BCUT2D eigenvalue weighted by atomic mass is 35.5. The number of carbonyl (C=O) groups is 2. The van der Waals surface area contributed by atoms with Crippen LogP contribution in [0.2, 0.25) is 5.02 Å². The van der Waals surface area contributed by atoms with E-state index in [2.05, 4.69) is 10.6 Å². The third kappa shape index (κ3) is 7.28. The number of benzene rings is 2. The molecule has 0 radical (unpaired) electrons. The number of halogens is 4. The molecule has 0 bridgehead atoms. The van der Waals surface area contributed by atoms with Gasteiger partial charge in [-0.2, -0.15) is 13.2 Å². The number of hydrogen-bond acceptors (Lipinski definition) is 4. The Morgan fingerprint density at radius 1 is 1.12 bits per heavy atom. The lowest BCUT2D eigenvalue weighted by molar-refractivity contribution is -0.137. The van der Waals surface area contributed by atoms with Crippen LogP contribution in [0.3, 0.4) is 0 Å². The molecule has 0 aliphatic rings. The summed E-state index contributed by atoms with van der Waals surface area (Å²) in [7, 11) is 1.49. The Kier molecular flexibility index (Phi) is 9.61. The first-order chi connectivity index (χ1) is 16.0. The second-order valence-electron chi connectivity index (χ2n) is 8.07. The molecule has 34 heavy (non-hydrogen) atoms. The van der Waals surface area contributed by atoms with E-state index in [1.165, 1.54) is 18.1 Å². The fourth-order valence-corrected chi connectivity index (χ4v) is 3.57. The predicted molar refractivity (Wildman–Crippen MR) is 127 cm³/mol. The van der Waals surface area contributed by atoms with Crippen LogP contribution in [0.15, 0.2) is 42.5 Å².